The largest absolute Gasteiger partial charge is 0.269 e. The van der Waals surface area contributed by atoms with E-state index in [-0.39, 0.29) is 5.69 Å². The van der Waals surface area contributed by atoms with Crippen LogP contribution in [0.25, 0.3) is 11.1 Å². The van der Waals surface area contributed by atoms with Gasteiger partial charge in [-0.2, -0.15) is 5.10 Å². The van der Waals surface area contributed by atoms with Crippen LogP contribution >= 0.6 is 11.3 Å². The zero-order valence-corrected chi connectivity index (χ0v) is 13.7. The van der Waals surface area contributed by atoms with Crippen molar-refractivity contribution < 1.29 is 4.92 Å². The van der Waals surface area contributed by atoms with Crippen LogP contribution in [0.4, 0.5) is 10.8 Å². The Hall–Kier alpha value is -3.06. The number of nitro groups is 1. The number of nitro benzene ring substituents is 1. The third-order valence-corrected chi connectivity index (χ3v) is 4.20. The Morgan fingerprint density at radius 3 is 2.62 bits per heavy atom. The van der Waals surface area contributed by atoms with Crippen molar-refractivity contribution in [2.24, 2.45) is 5.10 Å². The average molecular weight is 338 g/mol. The van der Waals surface area contributed by atoms with Gasteiger partial charge in [-0.25, -0.2) is 4.98 Å². The van der Waals surface area contributed by atoms with Gasteiger partial charge in [0.2, 0.25) is 5.13 Å². The second kappa shape index (κ2) is 7.01. The summed E-state index contributed by atoms with van der Waals surface area (Å²) < 4.78 is 0. The first-order valence-corrected chi connectivity index (χ1v) is 8.06. The summed E-state index contributed by atoms with van der Waals surface area (Å²) >= 11 is 1.49. The van der Waals surface area contributed by atoms with Gasteiger partial charge in [-0.05, 0) is 30.2 Å². The maximum Gasteiger partial charge on any atom is 0.269 e. The molecule has 0 unspecified atom stereocenters. The lowest BCUT2D eigenvalue weighted by Crippen LogP contribution is -1.93. The van der Waals surface area contributed by atoms with Crippen molar-refractivity contribution in [2.75, 3.05) is 5.43 Å². The lowest BCUT2D eigenvalue weighted by molar-refractivity contribution is -0.384. The quantitative estimate of drug-likeness (QED) is 0.423. The van der Waals surface area contributed by atoms with Crippen LogP contribution in [0, 0.1) is 17.0 Å². The van der Waals surface area contributed by atoms with Gasteiger partial charge in [0.1, 0.15) is 0 Å². The van der Waals surface area contributed by atoms with E-state index >= 15 is 0 Å². The summed E-state index contributed by atoms with van der Waals surface area (Å²) in [6.07, 6.45) is 1.72. The molecule has 0 radical (unpaired) electrons. The first-order chi connectivity index (χ1) is 11.6. The van der Waals surface area contributed by atoms with Crippen LogP contribution in [-0.2, 0) is 0 Å². The van der Waals surface area contributed by atoms with E-state index in [1.54, 1.807) is 18.3 Å². The summed E-state index contributed by atoms with van der Waals surface area (Å²) in [5.74, 6) is 0. The number of aryl methyl sites for hydroxylation is 1. The Balaban J connectivity index is 1.83. The molecule has 0 amide bonds. The molecule has 24 heavy (non-hydrogen) atoms. The molecule has 0 saturated carbocycles. The highest BCUT2D eigenvalue weighted by molar-refractivity contribution is 7.13. The number of hydrogen-bond donors (Lipinski definition) is 1. The minimum absolute atomic E-state index is 0.0747. The molecule has 0 atom stereocenters. The average Bonchev–Trinajstić information content (AvgIpc) is 3.01. The fourth-order valence-corrected chi connectivity index (χ4v) is 2.83. The predicted octanol–water partition coefficient (Wildman–Crippen LogP) is 4.47. The maximum atomic E-state index is 10.8. The van der Waals surface area contributed by atoms with Gasteiger partial charge in [0.15, 0.2) is 0 Å². The van der Waals surface area contributed by atoms with Gasteiger partial charge >= 0.3 is 0 Å². The molecule has 0 aliphatic carbocycles. The lowest BCUT2D eigenvalue weighted by Gasteiger charge is -2.05. The number of aromatic nitrogens is 1. The molecule has 1 heterocycles. The van der Waals surface area contributed by atoms with E-state index in [0.717, 1.165) is 27.5 Å². The number of benzene rings is 2. The molecule has 0 spiro atoms. The highest BCUT2D eigenvalue weighted by atomic mass is 32.1. The van der Waals surface area contributed by atoms with E-state index in [1.807, 2.05) is 36.6 Å². The summed E-state index contributed by atoms with van der Waals surface area (Å²) in [5.41, 5.74) is 6.68. The normalized spacial score (nSPS) is 10.9. The number of thiazole rings is 1. The first-order valence-electron chi connectivity index (χ1n) is 7.18. The Bertz CT molecular complexity index is 888. The molecule has 120 valence electrons. The number of anilines is 1. The predicted molar refractivity (Wildman–Crippen MR) is 96.6 cm³/mol. The van der Waals surface area contributed by atoms with Gasteiger partial charge in [0.25, 0.3) is 5.69 Å². The molecule has 7 heteroatoms. The monoisotopic (exact) mass is 338 g/mol. The SMILES string of the molecule is Cc1csc(NN=Cc2ccccc2-c2ccc([N+](=O)[O-])cc2)n1. The molecule has 6 nitrogen and oxygen atoms in total. The second-order valence-corrected chi connectivity index (χ2v) is 5.91. The molecule has 0 fully saturated rings. The summed E-state index contributed by atoms with van der Waals surface area (Å²) in [6, 6.07) is 14.2. The Morgan fingerprint density at radius 1 is 1.21 bits per heavy atom. The molecule has 1 N–H and O–H groups in total. The van der Waals surface area contributed by atoms with Crippen molar-refractivity contribution >= 4 is 28.4 Å². The van der Waals surface area contributed by atoms with Crippen LogP contribution in [0.15, 0.2) is 59.0 Å². The van der Waals surface area contributed by atoms with E-state index in [1.165, 1.54) is 23.5 Å². The van der Waals surface area contributed by atoms with Gasteiger partial charge in [-0.1, -0.05) is 24.3 Å². The highest BCUT2D eigenvalue weighted by Gasteiger charge is 2.07. The smallest absolute Gasteiger partial charge is 0.258 e. The van der Waals surface area contributed by atoms with Gasteiger partial charge in [-0.3, -0.25) is 15.5 Å². The molecule has 1 aromatic heterocycles. The summed E-state index contributed by atoms with van der Waals surface area (Å²) in [4.78, 5) is 14.6. The number of rotatable bonds is 5. The fourth-order valence-electron chi connectivity index (χ4n) is 2.20. The van der Waals surface area contributed by atoms with E-state index < -0.39 is 4.92 Å². The number of hydrogen-bond acceptors (Lipinski definition) is 6. The Labute approximate surface area is 142 Å². The van der Waals surface area contributed by atoms with Crippen molar-refractivity contribution in [3.63, 3.8) is 0 Å². The van der Waals surface area contributed by atoms with Gasteiger partial charge < -0.3 is 0 Å². The molecule has 0 saturated heterocycles. The molecule has 3 rings (SSSR count). The van der Waals surface area contributed by atoms with Crippen molar-refractivity contribution in [1.29, 1.82) is 0 Å². The third kappa shape index (κ3) is 3.64. The molecule has 0 bridgehead atoms. The maximum absolute atomic E-state index is 10.8. The minimum atomic E-state index is -0.406. The zero-order chi connectivity index (χ0) is 16.9. The van der Waals surface area contributed by atoms with Crippen LogP contribution in [0.5, 0.6) is 0 Å². The second-order valence-electron chi connectivity index (χ2n) is 5.06. The summed E-state index contributed by atoms with van der Waals surface area (Å²) in [7, 11) is 0. The van der Waals surface area contributed by atoms with E-state index in [4.69, 9.17) is 0 Å². The number of hydrazone groups is 1. The number of nitrogens with one attached hydrogen (secondary N) is 1. The van der Waals surface area contributed by atoms with Crippen LogP contribution in [0.2, 0.25) is 0 Å². The van der Waals surface area contributed by atoms with Gasteiger partial charge in [-0.15, -0.1) is 11.3 Å². The molecule has 0 aliphatic heterocycles. The topological polar surface area (TPSA) is 80.4 Å². The number of nitrogens with zero attached hydrogens (tertiary/aromatic N) is 3. The Kier molecular flexibility index (Phi) is 4.62. The lowest BCUT2D eigenvalue weighted by atomic mass is 10.0. The van der Waals surface area contributed by atoms with Crippen LogP contribution in [0.1, 0.15) is 11.3 Å². The molecule has 2 aromatic carbocycles. The molecule has 3 aromatic rings. The minimum Gasteiger partial charge on any atom is -0.258 e. The van der Waals surface area contributed by atoms with Gasteiger partial charge in [0, 0.05) is 23.1 Å². The van der Waals surface area contributed by atoms with Crippen molar-refractivity contribution in [3.05, 3.63) is 75.3 Å². The van der Waals surface area contributed by atoms with E-state index in [2.05, 4.69) is 15.5 Å². The van der Waals surface area contributed by atoms with E-state index in [0.29, 0.717) is 0 Å². The Morgan fingerprint density at radius 2 is 1.96 bits per heavy atom. The number of non-ortho nitro benzene ring substituents is 1. The summed E-state index contributed by atoms with van der Waals surface area (Å²) in [6.45, 7) is 1.93. The standard InChI is InChI=1S/C17H14N4O2S/c1-12-11-24-17(19-12)20-18-10-14-4-2-3-5-16(14)13-6-8-15(9-7-13)21(22)23/h2-11H,1H3,(H,19,20). The third-order valence-electron chi connectivity index (χ3n) is 3.33. The van der Waals surface area contributed by atoms with Crippen molar-refractivity contribution in [2.45, 2.75) is 6.92 Å². The summed E-state index contributed by atoms with van der Waals surface area (Å²) in [5, 5.41) is 17.7. The van der Waals surface area contributed by atoms with Crippen LogP contribution in [-0.4, -0.2) is 16.1 Å². The fraction of sp³-hybridized carbons (Fsp3) is 0.0588. The zero-order valence-electron chi connectivity index (χ0n) is 12.8. The van der Waals surface area contributed by atoms with Crippen molar-refractivity contribution in [3.8, 4) is 11.1 Å². The first kappa shape index (κ1) is 15.8. The molecular formula is C17H14N4O2S. The molecular weight excluding hydrogens is 324 g/mol. The highest BCUT2D eigenvalue weighted by Crippen LogP contribution is 2.25. The van der Waals surface area contributed by atoms with Crippen LogP contribution in [0.3, 0.4) is 0 Å². The van der Waals surface area contributed by atoms with Crippen molar-refractivity contribution in [1.82, 2.24) is 4.98 Å². The van der Waals surface area contributed by atoms with E-state index in [9.17, 15) is 10.1 Å². The van der Waals surface area contributed by atoms with Gasteiger partial charge in [0.05, 0.1) is 16.8 Å². The van der Waals surface area contributed by atoms with Crippen LogP contribution < -0.4 is 5.43 Å². The molecule has 0 aliphatic rings.